The fourth-order valence-corrected chi connectivity index (χ4v) is 4.82. The summed E-state index contributed by atoms with van der Waals surface area (Å²) in [5, 5.41) is 6.51. The molecule has 0 bridgehead atoms. The van der Waals surface area contributed by atoms with Crippen LogP contribution in [-0.2, 0) is 9.59 Å². The fraction of sp³-hybridized carbons (Fsp3) is 0.333. The van der Waals surface area contributed by atoms with Crippen molar-refractivity contribution in [3.05, 3.63) is 87.8 Å². The maximum absolute atomic E-state index is 13.6. The smallest absolute Gasteiger partial charge is 0.254 e. The highest BCUT2D eigenvalue weighted by Crippen LogP contribution is 2.46. The number of carbonyl (C=O) groups is 2. The van der Waals surface area contributed by atoms with Crippen molar-refractivity contribution in [3.8, 4) is 0 Å². The Kier molecular flexibility index (Phi) is 5.34. The molecule has 1 heterocycles. The van der Waals surface area contributed by atoms with E-state index < -0.39 is 0 Å². The predicted octanol–water partition coefficient (Wildman–Crippen LogP) is 5.55. The molecule has 160 valence electrons. The molecule has 4 rings (SSSR count). The van der Waals surface area contributed by atoms with E-state index in [0.717, 1.165) is 45.8 Å². The topological polar surface area (TPSA) is 58.2 Å². The van der Waals surface area contributed by atoms with Crippen LogP contribution in [0, 0.1) is 19.3 Å². The Bertz CT molecular complexity index is 1140. The fourth-order valence-electron chi connectivity index (χ4n) is 4.82. The molecule has 0 fully saturated rings. The quantitative estimate of drug-likeness (QED) is 0.693. The summed E-state index contributed by atoms with van der Waals surface area (Å²) >= 11 is 0. The number of carbonyl (C=O) groups excluding carboxylic acids is 2. The summed E-state index contributed by atoms with van der Waals surface area (Å²) in [6, 6.07) is 15.9. The van der Waals surface area contributed by atoms with E-state index in [9.17, 15) is 9.59 Å². The first-order valence-electron chi connectivity index (χ1n) is 10.8. The Morgan fingerprint density at radius 2 is 1.77 bits per heavy atom. The summed E-state index contributed by atoms with van der Waals surface area (Å²) in [6.07, 6.45) is 1.28. The Balaban J connectivity index is 1.83. The third-order valence-corrected chi connectivity index (χ3v) is 6.25. The van der Waals surface area contributed by atoms with Crippen LogP contribution in [0.4, 0.5) is 5.69 Å². The minimum atomic E-state index is -0.372. The monoisotopic (exact) mass is 414 g/mol. The van der Waals surface area contributed by atoms with E-state index in [2.05, 4.69) is 30.5 Å². The van der Waals surface area contributed by atoms with Gasteiger partial charge >= 0.3 is 0 Å². The number of nitrogens with one attached hydrogen (secondary N) is 2. The van der Waals surface area contributed by atoms with Gasteiger partial charge in [-0.15, -0.1) is 0 Å². The molecule has 2 N–H and O–H groups in total. The third kappa shape index (κ3) is 4.07. The average Bonchev–Trinajstić information content (AvgIpc) is 2.67. The summed E-state index contributed by atoms with van der Waals surface area (Å²) < 4.78 is 0. The van der Waals surface area contributed by atoms with Crippen LogP contribution in [-0.4, -0.2) is 11.7 Å². The van der Waals surface area contributed by atoms with E-state index in [-0.39, 0.29) is 23.0 Å². The highest BCUT2D eigenvalue weighted by Gasteiger charge is 2.42. The van der Waals surface area contributed by atoms with Gasteiger partial charge in [-0.3, -0.25) is 9.59 Å². The predicted molar refractivity (Wildman–Crippen MR) is 125 cm³/mol. The maximum atomic E-state index is 13.6. The summed E-state index contributed by atoms with van der Waals surface area (Å²) in [4.78, 5) is 26.9. The van der Waals surface area contributed by atoms with Crippen molar-refractivity contribution in [2.24, 2.45) is 5.41 Å². The first kappa shape index (κ1) is 21.1. The number of hydrogen-bond acceptors (Lipinski definition) is 3. The number of amides is 1. The van der Waals surface area contributed by atoms with Gasteiger partial charge in [-0.05, 0) is 49.8 Å². The summed E-state index contributed by atoms with van der Waals surface area (Å²) in [6.45, 7) is 10.2. The van der Waals surface area contributed by atoms with Gasteiger partial charge in [0.1, 0.15) is 0 Å². The van der Waals surface area contributed by atoms with Gasteiger partial charge in [0.25, 0.3) is 5.91 Å². The molecule has 31 heavy (non-hydrogen) atoms. The number of ketones is 1. The SMILES string of the molecule is CC1=C(C(=O)Nc2ccccc2C)[C@H](c2cccc(C)c2)C2=C(CC(C)(C)CC2=O)N1. The van der Waals surface area contributed by atoms with Crippen molar-refractivity contribution < 1.29 is 9.59 Å². The first-order chi connectivity index (χ1) is 14.7. The van der Waals surface area contributed by atoms with E-state index in [1.165, 1.54) is 0 Å². The van der Waals surface area contributed by atoms with Crippen molar-refractivity contribution in [3.63, 3.8) is 0 Å². The lowest BCUT2D eigenvalue weighted by molar-refractivity contribution is -0.118. The molecular weight excluding hydrogens is 384 g/mol. The molecule has 4 heteroatoms. The van der Waals surface area contributed by atoms with Gasteiger partial charge in [-0.2, -0.15) is 0 Å². The van der Waals surface area contributed by atoms with Gasteiger partial charge in [-0.25, -0.2) is 0 Å². The van der Waals surface area contributed by atoms with Crippen molar-refractivity contribution in [2.45, 2.75) is 53.4 Å². The number of Topliss-reactive ketones (excluding diaryl/α,β-unsaturated/α-hetero) is 1. The summed E-state index contributed by atoms with van der Waals surface area (Å²) in [5.41, 5.74) is 6.90. The third-order valence-electron chi connectivity index (χ3n) is 6.25. The largest absolute Gasteiger partial charge is 0.362 e. The number of hydrogen-bond donors (Lipinski definition) is 2. The van der Waals surface area contributed by atoms with Gasteiger partial charge in [0.15, 0.2) is 5.78 Å². The van der Waals surface area contributed by atoms with E-state index in [0.29, 0.717) is 12.0 Å². The van der Waals surface area contributed by atoms with Crippen LogP contribution in [0.1, 0.15) is 56.2 Å². The molecule has 2 aromatic rings. The number of anilines is 1. The first-order valence-corrected chi connectivity index (χ1v) is 10.8. The molecule has 1 aliphatic heterocycles. The summed E-state index contributed by atoms with van der Waals surface area (Å²) in [7, 11) is 0. The zero-order valence-corrected chi connectivity index (χ0v) is 18.9. The van der Waals surface area contributed by atoms with Gasteiger partial charge in [0.05, 0.1) is 0 Å². The Morgan fingerprint density at radius 3 is 2.48 bits per heavy atom. The van der Waals surface area contributed by atoms with Crippen LogP contribution < -0.4 is 10.6 Å². The molecular formula is C27H30N2O2. The lowest BCUT2D eigenvalue weighted by atomic mass is 9.68. The van der Waals surface area contributed by atoms with Crippen LogP contribution in [0.25, 0.3) is 0 Å². The number of para-hydroxylation sites is 1. The normalized spacial score (nSPS) is 20.3. The van der Waals surface area contributed by atoms with E-state index >= 15 is 0 Å². The molecule has 1 amide bonds. The van der Waals surface area contributed by atoms with Crippen LogP contribution in [0.5, 0.6) is 0 Å². The average molecular weight is 415 g/mol. The Hall–Kier alpha value is -3.14. The molecule has 2 aliphatic rings. The molecule has 0 aromatic heterocycles. The molecule has 1 atom stereocenters. The Labute approximate surface area is 184 Å². The molecule has 1 aliphatic carbocycles. The second-order valence-corrected chi connectivity index (χ2v) is 9.61. The lowest BCUT2D eigenvalue weighted by Gasteiger charge is -2.39. The lowest BCUT2D eigenvalue weighted by Crippen LogP contribution is -2.39. The second-order valence-electron chi connectivity index (χ2n) is 9.61. The highest BCUT2D eigenvalue weighted by atomic mass is 16.2. The number of benzene rings is 2. The number of dihydropyridines is 1. The van der Waals surface area contributed by atoms with Gasteiger partial charge < -0.3 is 10.6 Å². The maximum Gasteiger partial charge on any atom is 0.254 e. The zero-order chi connectivity index (χ0) is 22.3. The number of aryl methyl sites for hydroxylation is 2. The van der Waals surface area contributed by atoms with Crippen molar-refractivity contribution >= 4 is 17.4 Å². The second kappa shape index (κ2) is 7.84. The minimum absolute atomic E-state index is 0.0960. The number of allylic oxidation sites excluding steroid dienone is 3. The van der Waals surface area contributed by atoms with Gasteiger partial charge in [0.2, 0.25) is 0 Å². The molecule has 0 saturated carbocycles. The number of rotatable bonds is 3. The summed E-state index contributed by atoms with van der Waals surface area (Å²) in [5.74, 6) is -0.419. The van der Waals surface area contributed by atoms with E-state index in [1.54, 1.807) is 0 Å². The van der Waals surface area contributed by atoms with Gasteiger partial charge in [-0.1, -0.05) is 61.9 Å². The molecule has 4 nitrogen and oxygen atoms in total. The Morgan fingerprint density at radius 1 is 1.03 bits per heavy atom. The van der Waals surface area contributed by atoms with Crippen LogP contribution in [0.2, 0.25) is 0 Å². The minimum Gasteiger partial charge on any atom is -0.362 e. The van der Waals surface area contributed by atoms with Gasteiger partial charge in [0, 0.05) is 40.6 Å². The molecule has 0 spiro atoms. The van der Waals surface area contributed by atoms with Crippen LogP contribution >= 0.6 is 0 Å². The van der Waals surface area contributed by atoms with Crippen molar-refractivity contribution in [1.82, 2.24) is 5.32 Å². The zero-order valence-electron chi connectivity index (χ0n) is 18.9. The highest BCUT2D eigenvalue weighted by molar-refractivity contribution is 6.10. The molecule has 0 radical (unpaired) electrons. The van der Waals surface area contributed by atoms with E-state index in [1.807, 2.05) is 63.2 Å². The van der Waals surface area contributed by atoms with Crippen molar-refractivity contribution in [2.75, 3.05) is 5.32 Å². The van der Waals surface area contributed by atoms with Crippen LogP contribution in [0.15, 0.2) is 71.1 Å². The van der Waals surface area contributed by atoms with Crippen molar-refractivity contribution in [1.29, 1.82) is 0 Å². The molecule has 2 aromatic carbocycles. The van der Waals surface area contributed by atoms with Crippen LogP contribution in [0.3, 0.4) is 0 Å². The molecule has 0 unspecified atom stereocenters. The van der Waals surface area contributed by atoms with E-state index in [4.69, 9.17) is 0 Å². The molecule has 0 saturated heterocycles. The standard InChI is InChI=1S/C27H30N2O2/c1-16-9-8-11-19(13-16)24-23(26(31)29-20-12-7-6-10-17(20)2)18(3)28-21-14-27(4,5)15-22(30)25(21)24/h6-13,24,28H,14-15H2,1-5H3,(H,29,31)/t24-/m0/s1.